The van der Waals surface area contributed by atoms with E-state index in [1.54, 1.807) is 31.3 Å². The molecule has 2 aromatic heterocycles. The molecule has 0 spiro atoms. The van der Waals surface area contributed by atoms with Gasteiger partial charge in [0.2, 0.25) is 6.36 Å². The summed E-state index contributed by atoms with van der Waals surface area (Å²) in [6, 6.07) is 8.92. The molecule has 31 heavy (non-hydrogen) atoms. The number of carbonyl (C=O) groups is 1. The van der Waals surface area contributed by atoms with Crippen molar-refractivity contribution in [3.63, 3.8) is 0 Å². The quantitative estimate of drug-likeness (QED) is 0.490. The number of pyridine rings is 1. The molecule has 1 N–H and O–H groups in total. The maximum Gasteiger partial charge on any atom is 0.235 e. The highest BCUT2D eigenvalue weighted by molar-refractivity contribution is 6.00. The lowest BCUT2D eigenvalue weighted by Crippen LogP contribution is -2.29. The predicted molar refractivity (Wildman–Crippen MR) is 119 cm³/mol. The zero-order valence-electron chi connectivity index (χ0n) is 18.9. The minimum Gasteiger partial charge on any atom is -0.461 e. The molecular formula is C24H30FN3O3. The fourth-order valence-electron chi connectivity index (χ4n) is 3.33. The molecule has 0 radical (unpaired) electrons. The predicted octanol–water partition coefficient (Wildman–Crippen LogP) is 5.35. The smallest absolute Gasteiger partial charge is 0.235 e. The third-order valence-electron chi connectivity index (χ3n) is 5.51. The van der Waals surface area contributed by atoms with Crippen LogP contribution in [0.2, 0.25) is 0 Å². The standard InChI is InChI=1S/C24H30FN3O3/c1-14(2)28-20-11-18(21(30)12-24(5,6)15(3)29)13-26-23(20)22(27-28)17-8-7-9-19(10-17)31-16(4)25/h7-11,13-16,29H,12H2,1-6H3/t15-,16?/m1/s1. The monoisotopic (exact) mass is 427 g/mol. The Bertz CT molecular complexity index is 1090. The molecule has 3 rings (SSSR count). The molecule has 0 aliphatic heterocycles. The Morgan fingerprint density at radius 1 is 1.23 bits per heavy atom. The van der Waals surface area contributed by atoms with Crippen LogP contribution >= 0.6 is 0 Å². The molecule has 6 nitrogen and oxygen atoms in total. The van der Waals surface area contributed by atoms with E-state index in [1.807, 2.05) is 44.5 Å². The van der Waals surface area contributed by atoms with Crippen molar-refractivity contribution in [2.45, 2.75) is 66.5 Å². The normalized spacial score (nSPS) is 14.1. The highest BCUT2D eigenvalue weighted by Gasteiger charge is 2.28. The Morgan fingerprint density at radius 3 is 2.55 bits per heavy atom. The molecule has 1 aromatic carbocycles. The van der Waals surface area contributed by atoms with Crippen LogP contribution in [0, 0.1) is 5.41 Å². The summed E-state index contributed by atoms with van der Waals surface area (Å²) in [6.07, 6.45) is -0.260. The fourth-order valence-corrected chi connectivity index (χ4v) is 3.33. The number of aliphatic hydroxyl groups excluding tert-OH is 1. The zero-order valence-corrected chi connectivity index (χ0v) is 18.9. The second-order valence-electron chi connectivity index (χ2n) is 8.93. The first-order valence-electron chi connectivity index (χ1n) is 10.5. The van der Waals surface area contributed by atoms with Crippen molar-refractivity contribution in [1.82, 2.24) is 14.8 Å². The van der Waals surface area contributed by atoms with Crippen molar-refractivity contribution in [3.05, 3.63) is 42.1 Å². The topological polar surface area (TPSA) is 77.2 Å². The Labute approximate surface area is 182 Å². The molecule has 2 atom stereocenters. The lowest BCUT2D eigenvalue weighted by molar-refractivity contribution is 0.0526. The fraction of sp³-hybridized carbons (Fsp3) is 0.458. The largest absolute Gasteiger partial charge is 0.461 e. The van der Waals surface area contributed by atoms with Crippen molar-refractivity contribution in [1.29, 1.82) is 0 Å². The average Bonchev–Trinajstić information content (AvgIpc) is 3.06. The van der Waals surface area contributed by atoms with E-state index in [-0.39, 0.29) is 18.2 Å². The molecule has 166 valence electrons. The molecule has 1 unspecified atom stereocenters. The third kappa shape index (κ3) is 4.93. The Kier molecular flexibility index (Phi) is 6.46. The summed E-state index contributed by atoms with van der Waals surface area (Å²) in [5.41, 5.74) is 2.75. The first-order chi connectivity index (χ1) is 14.5. The number of fused-ring (bicyclic) bond motifs is 1. The number of hydrogen-bond donors (Lipinski definition) is 1. The summed E-state index contributed by atoms with van der Waals surface area (Å²) in [6.45, 7) is 10.8. The number of carbonyl (C=O) groups excluding carboxylic acids is 1. The minimum absolute atomic E-state index is 0.0441. The van der Waals surface area contributed by atoms with Crippen molar-refractivity contribution in [2.24, 2.45) is 5.41 Å². The second kappa shape index (κ2) is 8.75. The van der Waals surface area contributed by atoms with Crippen molar-refractivity contribution in [2.75, 3.05) is 0 Å². The minimum atomic E-state index is -1.42. The number of alkyl halides is 1. The zero-order chi connectivity index (χ0) is 22.9. The van der Waals surface area contributed by atoms with Crippen LogP contribution in [0.25, 0.3) is 22.3 Å². The van der Waals surface area contributed by atoms with E-state index in [0.717, 1.165) is 11.1 Å². The number of nitrogens with zero attached hydrogens (tertiary/aromatic N) is 3. The molecular weight excluding hydrogens is 397 g/mol. The van der Waals surface area contributed by atoms with E-state index in [1.165, 1.54) is 6.92 Å². The maximum absolute atomic E-state index is 13.3. The lowest BCUT2D eigenvalue weighted by Gasteiger charge is -2.27. The van der Waals surface area contributed by atoms with Gasteiger partial charge in [0.05, 0.1) is 11.6 Å². The van der Waals surface area contributed by atoms with Crippen molar-refractivity contribution in [3.8, 4) is 17.0 Å². The van der Waals surface area contributed by atoms with Crippen molar-refractivity contribution >= 4 is 16.8 Å². The summed E-state index contributed by atoms with van der Waals surface area (Å²) in [5.74, 6) is 0.331. The van der Waals surface area contributed by atoms with Crippen molar-refractivity contribution < 1.29 is 19.0 Å². The van der Waals surface area contributed by atoms with Gasteiger partial charge in [0.25, 0.3) is 0 Å². The highest BCUT2D eigenvalue weighted by atomic mass is 19.1. The summed E-state index contributed by atoms with van der Waals surface area (Å²) >= 11 is 0. The molecule has 0 saturated heterocycles. The molecule has 3 aromatic rings. The maximum atomic E-state index is 13.3. The molecule has 0 saturated carbocycles. The van der Waals surface area contributed by atoms with E-state index in [9.17, 15) is 14.3 Å². The number of aromatic nitrogens is 3. The summed E-state index contributed by atoms with van der Waals surface area (Å²) < 4.78 is 20.3. The Morgan fingerprint density at radius 2 is 1.94 bits per heavy atom. The van der Waals surface area contributed by atoms with Crippen LogP contribution in [-0.4, -0.2) is 38.1 Å². The van der Waals surface area contributed by atoms with Gasteiger partial charge in [-0.15, -0.1) is 0 Å². The number of benzene rings is 1. The van der Waals surface area contributed by atoms with Gasteiger partial charge in [-0.05, 0) is 44.4 Å². The Balaban J connectivity index is 2.06. The van der Waals surface area contributed by atoms with Gasteiger partial charge in [0.1, 0.15) is 17.0 Å². The summed E-state index contributed by atoms with van der Waals surface area (Å²) in [4.78, 5) is 17.4. The van der Waals surface area contributed by atoms with Crippen LogP contribution in [0.15, 0.2) is 36.5 Å². The van der Waals surface area contributed by atoms with E-state index in [0.29, 0.717) is 22.5 Å². The highest BCUT2D eigenvalue weighted by Crippen LogP contribution is 2.32. The van der Waals surface area contributed by atoms with Gasteiger partial charge in [-0.1, -0.05) is 26.0 Å². The number of aliphatic hydroxyl groups is 1. The van der Waals surface area contributed by atoms with Gasteiger partial charge >= 0.3 is 0 Å². The molecule has 0 aliphatic carbocycles. The van der Waals surface area contributed by atoms with Gasteiger partial charge < -0.3 is 9.84 Å². The average molecular weight is 428 g/mol. The number of Topliss-reactive ketones (excluding diaryl/α,β-unsaturated/α-hetero) is 1. The first kappa shape index (κ1) is 22.9. The van der Waals surface area contributed by atoms with Gasteiger partial charge in [-0.2, -0.15) is 5.10 Å². The van der Waals surface area contributed by atoms with Crippen LogP contribution in [0.3, 0.4) is 0 Å². The number of halogens is 1. The Hall–Kier alpha value is -2.80. The van der Waals surface area contributed by atoms with Gasteiger partial charge in [0.15, 0.2) is 5.78 Å². The number of ether oxygens (including phenoxy) is 1. The van der Waals surface area contributed by atoms with Gasteiger partial charge in [0, 0.05) is 36.7 Å². The molecule has 7 heteroatoms. The third-order valence-corrected chi connectivity index (χ3v) is 5.51. The summed E-state index contributed by atoms with van der Waals surface area (Å²) in [7, 11) is 0. The van der Waals surface area contributed by atoms with Gasteiger partial charge in [-0.25, -0.2) is 4.39 Å². The van der Waals surface area contributed by atoms with E-state index >= 15 is 0 Å². The number of rotatable bonds is 8. The SMILES string of the molecule is CC(F)Oc1cccc(-c2nn(C(C)C)c3cc(C(=O)CC(C)(C)[C@@H](C)O)cnc23)c1. The molecule has 0 bridgehead atoms. The first-order valence-corrected chi connectivity index (χ1v) is 10.5. The van der Waals surface area contributed by atoms with Crippen LogP contribution in [0.1, 0.15) is 64.4 Å². The van der Waals surface area contributed by atoms with Crippen LogP contribution in [0.4, 0.5) is 4.39 Å². The van der Waals surface area contributed by atoms with Gasteiger partial charge in [-0.3, -0.25) is 14.5 Å². The van der Waals surface area contributed by atoms with Crippen LogP contribution < -0.4 is 4.74 Å². The molecule has 0 fully saturated rings. The van der Waals surface area contributed by atoms with E-state index in [2.05, 4.69) is 4.98 Å². The molecule has 2 heterocycles. The van der Waals surface area contributed by atoms with E-state index in [4.69, 9.17) is 9.84 Å². The number of ketones is 1. The summed E-state index contributed by atoms with van der Waals surface area (Å²) in [5, 5.41) is 14.7. The molecule has 0 amide bonds. The van der Waals surface area contributed by atoms with E-state index < -0.39 is 17.9 Å². The second-order valence-corrected chi connectivity index (χ2v) is 8.93. The van der Waals surface area contributed by atoms with Crippen LogP contribution in [0.5, 0.6) is 5.75 Å². The lowest BCUT2D eigenvalue weighted by atomic mass is 9.81. The molecule has 0 aliphatic rings. The number of hydrogen-bond acceptors (Lipinski definition) is 5. The van der Waals surface area contributed by atoms with Crippen LogP contribution in [-0.2, 0) is 0 Å².